The monoisotopic (exact) mass is 335 g/mol. The summed E-state index contributed by atoms with van der Waals surface area (Å²) in [5.74, 6) is 1.62. The molecule has 2 atom stereocenters. The molecule has 2 unspecified atom stereocenters. The Bertz CT molecular complexity index is 641. The number of amides is 1. The molecule has 0 radical (unpaired) electrons. The van der Waals surface area contributed by atoms with E-state index in [2.05, 4.69) is 16.4 Å². The van der Waals surface area contributed by atoms with Gasteiger partial charge in [-0.25, -0.2) is 4.98 Å². The minimum absolute atomic E-state index is 0. The first-order valence-electron chi connectivity index (χ1n) is 8.19. The Morgan fingerprint density at radius 3 is 2.70 bits per heavy atom. The van der Waals surface area contributed by atoms with Crippen molar-refractivity contribution in [1.82, 2.24) is 15.3 Å². The Labute approximate surface area is 143 Å². The van der Waals surface area contributed by atoms with E-state index >= 15 is 0 Å². The number of hydrogen-bond donors (Lipinski definition) is 2. The van der Waals surface area contributed by atoms with Crippen molar-refractivity contribution in [3.63, 3.8) is 0 Å². The minimum atomic E-state index is -0.327. The number of carbonyl (C=O) groups excluding carboxylic acids is 1. The van der Waals surface area contributed by atoms with Crippen LogP contribution in [0.2, 0.25) is 0 Å². The number of aromatic nitrogens is 2. The Balaban J connectivity index is 0.00000192. The molecule has 0 aliphatic heterocycles. The number of nitrogens with zero attached hydrogens (tertiary/aromatic N) is 1. The lowest BCUT2D eigenvalue weighted by Crippen LogP contribution is -2.43. The smallest absolute Gasteiger partial charge is 0.225 e. The number of para-hydroxylation sites is 2. The van der Waals surface area contributed by atoms with E-state index in [0.29, 0.717) is 5.92 Å². The molecular formula is C18H26ClN3O. The Kier molecular flexibility index (Phi) is 5.35. The van der Waals surface area contributed by atoms with Gasteiger partial charge < -0.3 is 10.3 Å². The van der Waals surface area contributed by atoms with Crippen molar-refractivity contribution in [2.75, 3.05) is 0 Å². The van der Waals surface area contributed by atoms with Crippen LogP contribution in [0.1, 0.15) is 58.2 Å². The van der Waals surface area contributed by atoms with Crippen LogP contribution >= 0.6 is 12.4 Å². The summed E-state index contributed by atoms with van der Waals surface area (Å²) in [5, 5.41) is 3.21. The maximum atomic E-state index is 12.2. The van der Waals surface area contributed by atoms with Crippen LogP contribution in [0, 0.1) is 5.41 Å². The normalized spacial score (nSPS) is 21.7. The predicted molar refractivity (Wildman–Crippen MR) is 95.9 cm³/mol. The summed E-state index contributed by atoms with van der Waals surface area (Å²) in [6, 6.07) is 8.40. The fourth-order valence-corrected chi connectivity index (χ4v) is 3.14. The Morgan fingerprint density at radius 1 is 1.26 bits per heavy atom. The topological polar surface area (TPSA) is 57.8 Å². The van der Waals surface area contributed by atoms with Crippen LogP contribution < -0.4 is 5.32 Å². The fraction of sp³-hybridized carbons (Fsp3) is 0.556. The van der Waals surface area contributed by atoms with Crippen molar-refractivity contribution < 1.29 is 4.79 Å². The molecule has 1 heterocycles. The molecule has 2 N–H and O–H groups in total. The molecule has 0 bridgehead atoms. The molecule has 1 fully saturated rings. The maximum absolute atomic E-state index is 12.2. The van der Waals surface area contributed by atoms with Crippen LogP contribution in [0.15, 0.2) is 24.3 Å². The van der Waals surface area contributed by atoms with E-state index in [0.717, 1.165) is 42.5 Å². The zero-order chi connectivity index (χ0) is 15.7. The number of benzene rings is 1. The van der Waals surface area contributed by atoms with Gasteiger partial charge in [-0.3, -0.25) is 4.79 Å². The van der Waals surface area contributed by atoms with Crippen LogP contribution in [0.4, 0.5) is 0 Å². The molecule has 2 aromatic rings. The van der Waals surface area contributed by atoms with Crippen LogP contribution in [-0.4, -0.2) is 21.9 Å². The van der Waals surface area contributed by atoms with Gasteiger partial charge in [0.2, 0.25) is 5.91 Å². The van der Waals surface area contributed by atoms with Crippen LogP contribution in [0.5, 0.6) is 0 Å². The average Bonchev–Trinajstić information content (AvgIpc) is 2.90. The van der Waals surface area contributed by atoms with Crippen molar-refractivity contribution in [3.8, 4) is 0 Å². The molecule has 5 heteroatoms. The van der Waals surface area contributed by atoms with E-state index in [1.165, 1.54) is 0 Å². The van der Waals surface area contributed by atoms with Gasteiger partial charge in [0.05, 0.1) is 11.0 Å². The number of H-pyrrole nitrogens is 1. The summed E-state index contributed by atoms with van der Waals surface area (Å²) >= 11 is 0. The standard InChI is InChI=1S/C18H25N3O.ClH/c1-18(2,3)17(22)19-13-8-6-7-12(11-13)16-20-14-9-4-5-10-15(14)21-16;/h4-5,9-10,12-13H,6-8,11H2,1-3H3,(H,19,22)(H,20,21);1H. The Morgan fingerprint density at radius 2 is 2.00 bits per heavy atom. The van der Waals surface area contributed by atoms with Crippen molar-refractivity contribution >= 4 is 29.3 Å². The molecule has 1 aliphatic rings. The van der Waals surface area contributed by atoms with Crippen LogP contribution in [0.25, 0.3) is 11.0 Å². The Hall–Kier alpha value is -1.55. The lowest BCUT2D eigenvalue weighted by molar-refractivity contribution is -0.129. The van der Waals surface area contributed by atoms with Gasteiger partial charge in [-0.15, -0.1) is 12.4 Å². The van der Waals surface area contributed by atoms with Crippen molar-refractivity contribution in [1.29, 1.82) is 0 Å². The molecule has 126 valence electrons. The fourth-order valence-electron chi connectivity index (χ4n) is 3.14. The summed E-state index contributed by atoms with van der Waals surface area (Å²) in [6.07, 6.45) is 4.32. The molecule has 3 rings (SSSR count). The van der Waals surface area contributed by atoms with Gasteiger partial charge in [-0.05, 0) is 31.4 Å². The van der Waals surface area contributed by atoms with E-state index in [1.54, 1.807) is 0 Å². The second-order valence-corrected chi connectivity index (χ2v) is 7.42. The van der Waals surface area contributed by atoms with E-state index in [1.807, 2.05) is 39.0 Å². The van der Waals surface area contributed by atoms with E-state index in [9.17, 15) is 4.79 Å². The highest BCUT2D eigenvalue weighted by atomic mass is 35.5. The molecule has 4 nitrogen and oxygen atoms in total. The third-order valence-electron chi connectivity index (χ3n) is 4.49. The zero-order valence-corrected chi connectivity index (χ0v) is 14.9. The van der Waals surface area contributed by atoms with E-state index in [-0.39, 0.29) is 29.8 Å². The maximum Gasteiger partial charge on any atom is 0.225 e. The first-order chi connectivity index (χ1) is 10.4. The summed E-state index contributed by atoms with van der Waals surface area (Å²) in [5.41, 5.74) is 1.79. The molecule has 0 spiro atoms. The average molecular weight is 336 g/mol. The van der Waals surface area contributed by atoms with Crippen molar-refractivity contribution in [2.45, 2.75) is 58.4 Å². The molecule has 1 aliphatic carbocycles. The molecular weight excluding hydrogens is 310 g/mol. The van der Waals surface area contributed by atoms with Gasteiger partial charge in [0.25, 0.3) is 0 Å². The van der Waals surface area contributed by atoms with Crippen molar-refractivity contribution in [2.24, 2.45) is 5.41 Å². The SMILES string of the molecule is CC(C)(C)C(=O)NC1CCCC(c2nc3ccccc3[nH]2)C1.Cl. The second kappa shape index (κ2) is 6.91. The third-order valence-corrected chi connectivity index (χ3v) is 4.49. The van der Waals surface area contributed by atoms with Gasteiger partial charge in [0.1, 0.15) is 5.82 Å². The van der Waals surface area contributed by atoms with Crippen LogP contribution in [0.3, 0.4) is 0 Å². The van der Waals surface area contributed by atoms with Gasteiger partial charge >= 0.3 is 0 Å². The number of aromatic amines is 1. The van der Waals surface area contributed by atoms with Gasteiger partial charge in [-0.2, -0.15) is 0 Å². The number of halogens is 1. The quantitative estimate of drug-likeness (QED) is 0.865. The first kappa shape index (κ1) is 17.8. The van der Waals surface area contributed by atoms with Gasteiger partial charge in [-0.1, -0.05) is 39.3 Å². The van der Waals surface area contributed by atoms with E-state index in [4.69, 9.17) is 4.98 Å². The van der Waals surface area contributed by atoms with Gasteiger partial charge in [0, 0.05) is 17.4 Å². The highest BCUT2D eigenvalue weighted by Gasteiger charge is 2.29. The number of nitrogens with one attached hydrogen (secondary N) is 2. The number of imidazole rings is 1. The second-order valence-electron chi connectivity index (χ2n) is 7.42. The molecule has 1 aromatic carbocycles. The summed E-state index contributed by atoms with van der Waals surface area (Å²) in [7, 11) is 0. The molecule has 1 amide bonds. The zero-order valence-electron chi connectivity index (χ0n) is 14.1. The summed E-state index contributed by atoms with van der Waals surface area (Å²) in [4.78, 5) is 20.4. The van der Waals surface area contributed by atoms with Crippen LogP contribution in [-0.2, 0) is 4.79 Å². The highest BCUT2D eigenvalue weighted by molar-refractivity contribution is 5.85. The minimum Gasteiger partial charge on any atom is -0.353 e. The largest absolute Gasteiger partial charge is 0.353 e. The molecule has 1 saturated carbocycles. The molecule has 0 saturated heterocycles. The summed E-state index contributed by atoms with van der Waals surface area (Å²) < 4.78 is 0. The van der Waals surface area contributed by atoms with Crippen molar-refractivity contribution in [3.05, 3.63) is 30.1 Å². The number of hydrogen-bond acceptors (Lipinski definition) is 2. The molecule has 23 heavy (non-hydrogen) atoms. The number of fused-ring (bicyclic) bond motifs is 1. The predicted octanol–water partition coefficient (Wildman–Crippen LogP) is 4.17. The molecule has 1 aromatic heterocycles. The highest BCUT2D eigenvalue weighted by Crippen LogP contribution is 2.32. The lowest BCUT2D eigenvalue weighted by Gasteiger charge is -2.31. The summed E-state index contributed by atoms with van der Waals surface area (Å²) in [6.45, 7) is 5.88. The first-order valence-corrected chi connectivity index (χ1v) is 8.19. The van der Waals surface area contributed by atoms with E-state index < -0.39 is 0 Å². The number of rotatable bonds is 2. The van der Waals surface area contributed by atoms with Gasteiger partial charge in [0.15, 0.2) is 0 Å². The number of carbonyl (C=O) groups is 1. The lowest BCUT2D eigenvalue weighted by atomic mass is 9.84. The third kappa shape index (κ3) is 4.05.